The van der Waals surface area contributed by atoms with E-state index in [0.717, 1.165) is 11.1 Å². The van der Waals surface area contributed by atoms with Crippen molar-refractivity contribution in [3.8, 4) is 0 Å². The third-order valence-corrected chi connectivity index (χ3v) is 5.24. The molecule has 2 heterocycles. The van der Waals surface area contributed by atoms with Crippen LogP contribution in [0.5, 0.6) is 0 Å². The van der Waals surface area contributed by atoms with Gasteiger partial charge in [-0.2, -0.15) is 0 Å². The van der Waals surface area contributed by atoms with Gasteiger partial charge in [-0.3, -0.25) is 9.59 Å². The van der Waals surface area contributed by atoms with E-state index in [1.807, 2.05) is 52.0 Å². The van der Waals surface area contributed by atoms with Gasteiger partial charge in [0.15, 0.2) is 0 Å². The molecule has 0 aliphatic carbocycles. The molecule has 2 aromatic rings. The van der Waals surface area contributed by atoms with Gasteiger partial charge in [-0.15, -0.1) is 0 Å². The van der Waals surface area contributed by atoms with Gasteiger partial charge in [0, 0.05) is 45.6 Å². The minimum atomic E-state index is 0.137. The van der Waals surface area contributed by atoms with E-state index in [4.69, 9.17) is 0 Å². The molecule has 2 amide bonds. The van der Waals surface area contributed by atoms with Crippen LogP contribution < -0.4 is 0 Å². The molecular formula is C22H29N3O2. The Morgan fingerprint density at radius 1 is 0.852 bits per heavy atom. The lowest BCUT2D eigenvalue weighted by Gasteiger charge is -2.35. The van der Waals surface area contributed by atoms with E-state index in [1.165, 1.54) is 5.56 Å². The minimum absolute atomic E-state index is 0.137. The van der Waals surface area contributed by atoms with Crippen LogP contribution in [0.4, 0.5) is 0 Å². The van der Waals surface area contributed by atoms with E-state index in [0.29, 0.717) is 44.9 Å². The molecule has 5 nitrogen and oxygen atoms in total. The quantitative estimate of drug-likeness (QED) is 0.815. The van der Waals surface area contributed by atoms with Gasteiger partial charge in [0.25, 0.3) is 0 Å². The zero-order valence-corrected chi connectivity index (χ0v) is 16.5. The van der Waals surface area contributed by atoms with E-state index >= 15 is 0 Å². The van der Waals surface area contributed by atoms with E-state index in [9.17, 15) is 9.59 Å². The summed E-state index contributed by atoms with van der Waals surface area (Å²) >= 11 is 0. The summed E-state index contributed by atoms with van der Waals surface area (Å²) in [6.45, 7) is 6.79. The number of aryl methyl sites for hydroxylation is 1. The van der Waals surface area contributed by atoms with Crippen molar-refractivity contribution in [2.24, 2.45) is 7.05 Å². The Kier molecular flexibility index (Phi) is 5.99. The first-order valence-corrected chi connectivity index (χ1v) is 9.67. The van der Waals surface area contributed by atoms with Crippen LogP contribution in [0.2, 0.25) is 0 Å². The second kappa shape index (κ2) is 8.42. The van der Waals surface area contributed by atoms with Crippen LogP contribution in [-0.2, 0) is 29.5 Å². The molecule has 1 aromatic carbocycles. The van der Waals surface area contributed by atoms with Gasteiger partial charge < -0.3 is 14.4 Å². The molecule has 0 unspecified atom stereocenters. The molecule has 144 valence electrons. The first-order chi connectivity index (χ1) is 12.9. The monoisotopic (exact) mass is 367 g/mol. The number of carbonyl (C=O) groups excluding carboxylic acids is 2. The highest BCUT2D eigenvalue weighted by molar-refractivity contribution is 5.81. The average Bonchev–Trinajstić information content (AvgIpc) is 3.07. The van der Waals surface area contributed by atoms with Crippen LogP contribution in [0.25, 0.3) is 0 Å². The Labute approximate surface area is 161 Å². The molecule has 5 heteroatoms. The molecule has 1 aromatic heterocycles. The van der Waals surface area contributed by atoms with Gasteiger partial charge in [-0.1, -0.05) is 38.1 Å². The molecule has 0 saturated carbocycles. The van der Waals surface area contributed by atoms with Crippen molar-refractivity contribution in [3.05, 3.63) is 59.4 Å². The molecule has 3 rings (SSSR count). The first-order valence-electron chi connectivity index (χ1n) is 9.67. The number of aromatic nitrogens is 1. The predicted octanol–water partition coefficient (Wildman–Crippen LogP) is 2.60. The summed E-state index contributed by atoms with van der Waals surface area (Å²) in [6.07, 6.45) is 4.78. The van der Waals surface area contributed by atoms with Crippen molar-refractivity contribution >= 4 is 11.8 Å². The van der Waals surface area contributed by atoms with Gasteiger partial charge in [0.1, 0.15) is 0 Å². The fourth-order valence-corrected chi connectivity index (χ4v) is 3.46. The van der Waals surface area contributed by atoms with Crippen LogP contribution >= 0.6 is 0 Å². The summed E-state index contributed by atoms with van der Waals surface area (Å²) in [5.41, 5.74) is 3.37. The molecule has 0 spiro atoms. The van der Waals surface area contributed by atoms with Gasteiger partial charge in [-0.05, 0) is 28.7 Å². The maximum Gasteiger partial charge on any atom is 0.227 e. The molecule has 0 bridgehead atoms. The number of amides is 2. The highest BCUT2D eigenvalue weighted by atomic mass is 16.2. The largest absolute Gasteiger partial charge is 0.357 e. The smallest absolute Gasteiger partial charge is 0.227 e. The van der Waals surface area contributed by atoms with Crippen LogP contribution in [-0.4, -0.2) is 52.4 Å². The Hall–Kier alpha value is -2.56. The van der Waals surface area contributed by atoms with Gasteiger partial charge in [0.2, 0.25) is 11.8 Å². The SMILES string of the molecule is CC(C)c1ccc(CC(=O)N2CCN(C(=O)Cc3ccn(C)c3)CC2)cc1. The van der Waals surface area contributed by atoms with E-state index in [2.05, 4.69) is 26.0 Å². The number of nitrogens with zero attached hydrogens (tertiary/aromatic N) is 3. The molecule has 1 aliphatic heterocycles. The van der Waals surface area contributed by atoms with Gasteiger partial charge in [0.05, 0.1) is 12.8 Å². The number of hydrogen-bond acceptors (Lipinski definition) is 2. The maximum absolute atomic E-state index is 12.6. The Balaban J connectivity index is 1.48. The number of benzene rings is 1. The molecule has 1 aliphatic rings. The van der Waals surface area contributed by atoms with E-state index < -0.39 is 0 Å². The lowest BCUT2D eigenvalue weighted by molar-refractivity contribution is -0.138. The van der Waals surface area contributed by atoms with E-state index in [1.54, 1.807) is 0 Å². The van der Waals surface area contributed by atoms with Crippen LogP contribution in [0.15, 0.2) is 42.7 Å². The zero-order valence-electron chi connectivity index (χ0n) is 16.5. The summed E-state index contributed by atoms with van der Waals surface area (Å²) < 4.78 is 1.95. The van der Waals surface area contributed by atoms with Gasteiger partial charge >= 0.3 is 0 Å². The third kappa shape index (κ3) is 5.00. The van der Waals surface area contributed by atoms with Crippen molar-refractivity contribution in [1.82, 2.24) is 14.4 Å². The highest BCUT2D eigenvalue weighted by Gasteiger charge is 2.24. The lowest BCUT2D eigenvalue weighted by Crippen LogP contribution is -2.51. The first kappa shape index (κ1) is 19.2. The second-order valence-electron chi connectivity index (χ2n) is 7.70. The topological polar surface area (TPSA) is 45.6 Å². The molecule has 1 saturated heterocycles. The van der Waals surface area contributed by atoms with Crippen molar-refractivity contribution < 1.29 is 9.59 Å². The zero-order chi connectivity index (χ0) is 19.4. The van der Waals surface area contributed by atoms with Crippen molar-refractivity contribution in [3.63, 3.8) is 0 Å². The minimum Gasteiger partial charge on any atom is -0.357 e. The predicted molar refractivity (Wildman–Crippen MR) is 107 cm³/mol. The summed E-state index contributed by atoms with van der Waals surface area (Å²) in [7, 11) is 1.95. The highest BCUT2D eigenvalue weighted by Crippen LogP contribution is 2.16. The number of rotatable bonds is 5. The Morgan fingerprint density at radius 3 is 1.81 bits per heavy atom. The average molecular weight is 367 g/mol. The maximum atomic E-state index is 12.6. The normalized spacial score (nSPS) is 14.7. The number of carbonyl (C=O) groups is 2. The molecule has 0 radical (unpaired) electrons. The summed E-state index contributed by atoms with van der Waals surface area (Å²) in [4.78, 5) is 28.8. The molecule has 0 atom stereocenters. The summed E-state index contributed by atoms with van der Waals surface area (Å²) in [5, 5.41) is 0. The Bertz CT molecular complexity index is 784. The molecule has 27 heavy (non-hydrogen) atoms. The van der Waals surface area contributed by atoms with Crippen molar-refractivity contribution in [1.29, 1.82) is 0 Å². The number of hydrogen-bond donors (Lipinski definition) is 0. The molecular weight excluding hydrogens is 338 g/mol. The standard InChI is InChI=1S/C22H29N3O2/c1-17(2)20-6-4-18(5-7-20)14-21(26)24-10-12-25(13-11-24)22(27)15-19-8-9-23(3)16-19/h4-9,16-17H,10-15H2,1-3H3. The second-order valence-corrected chi connectivity index (χ2v) is 7.70. The third-order valence-electron chi connectivity index (χ3n) is 5.24. The van der Waals surface area contributed by atoms with Crippen molar-refractivity contribution in [2.45, 2.75) is 32.6 Å². The summed E-state index contributed by atoms with van der Waals surface area (Å²) in [6, 6.07) is 10.3. The van der Waals surface area contributed by atoms with E-state index in [-0.39, 0.29) is 11.8 Å². The fourth-order valence-electron chi connectivity index (χ4n) is 3.46. The van der Waals surface area contributed by atoms with Crippen LogP contribution in [0.3, 0.4) is 0 Å². The molecule has 0 N–H and O–H groups in total. The van der Waals surface area contributed by atoms with Crippen molar-refractivity contribution in [2.75, 3.05) is 26.2 Å². The van der Waals surface area contributed by atoms with Crippen LogP contribution in [0, 0.1) is 0 Å². The van der Waals surface area contributed by atoms with Crippen LogP contribution in [0.1, 0.15) is 36.5 Å². The Morgan fingerprint density at radius 2 is 1.37 bits per heavy atom. The lowest BCUT2D eigenvalue weighted by atomic mass is 10.0. The fraction of sp³-hybridized carbons (Fsp3) is 0.455. The number of piperazine rings is 1. The van der Waals surface area contributed by atoms with Gasteiger partial charge in [-0.25, -0.2) is 0 Å². The molecule has 1 fully saturated rings. The summed E-state index contributed by atoms with van der Waals surface area (Å²) in [5.74, 6) is 0.774.